The standard InChI is InChI=1S/C15H17NO4S/c1-2-8-20-9-13(17)16-12(15(18)19)10-21-14(16)11-6-4-3-5-7-11/h2-7,12,14H,1,8-10H2,(H,18,19)/t12-,14+/m0/s1. The monoisotopic (exact) mass is 307 g/mol. The number of nitrogens with zero attached hydrogens (tertiary/aromatic N) is 1. The van der Waals surface area contributed by atoms with E-state index in [-0.39, 0.29) is 24.5 Å². The molecule has 0 spiro atoms. The first-order chi connectivity index (χ1) is 10.1. The predicted molar refractivity (Wildman–Crippen MR) is 80.9 cm³/mol. The molecule has 0 radical (unpaired) electrons. The highest BCUT2D eigenvalue weighted by Crippen LogP contribution is 2.41. The third kappa shape index (κ3) is 3.65. The number of thioether (sulfide) groups is 1. The number of carboxylic acids is 1. The van der Waals surface area contributed by atoms with Gasteiger partial charge in [-0.2, -0.15) is 0 Å². The molecule has 1 saturated heterocycles. The normalized spacial score (nSPS) is 21.2. The van der Waals surface area contributed by atoms with Crippen LogP contribution in [0.15, 0.2) is 43.0 Å². The summed E-state index contributed by atoms with van der Waals surface area (Å²) >= 11 is 1.46. The van der Waals surface area contributed by atoms with Gasteiger partial charge in [-0.1, -0.05) is 36.4 Å². The Kier molecular flexibility index (Phi) is 5.41. The van der Waals surface area contributed by atoms with Gasteiger partial charge in [-0.05, 0) is 5.56 Å². The second-order valence-electron chi connectivity index (χ2n) is 4.56. The Balaban J connectivity index is 2.18. The van der Waals surface area contributed by atoms with E-state index in [2.05, 4.69) is 6.58 Å². The Morgan fingerprint density at radius 2 is 2.14 bits per heavy atom. The number of carbonyl (C=O) groups excluding carboxylic acids is 1. The number of benzene rings is 1. The number of hydrogen-bond acceptors (Lipinski definition) is 4. The van der Waals surface area contributed by atoms with Crippen LogP contribution in [-0.2, 0) is 14.3 Å². The summed E-state index contributed by atoms with van der Waals surface area (Å²) in [6.45, 7) is 3.64. The summed E-state index contributed by atoms with van der Waals surface area (Å²) in [6, 6.07) is 8.61. The number of rotatable bonds is 6. The van der Waals surface area contributed by atoms with E-state index in [0.717, 1.165) is 5.56 Å². The van der Waals surface area contributed by atoms with Crippen LogP contribution in [0.25, 0.3) is 0 Å². The lowest BCUT2D eigenvalue weighted by Crippen LogP contribution is -2.44. The van der Waals surface area contributed by atoms with E-state index >= 15 is 0 Å². The SMILES string of the molecule is C=CCOCC(=O)N1[C@@H](c2ccccc2)SC[C@H]1C(=O)O. The molecule has 21 heavy (non-hydrogen) atoms. The molecule has 5 nitrogen and oxygen atoms in total. The van der Waals surface area contributed by atoms with E-state index in [9.17, 15) is 14.7 Å². The van der Waals surface area contributed by atoms with E-state index in [1.807, 2.05) is 30.3 Å². The maximum absolute atomic E-state index is 12.3. The van der Waals surface area contributed by atoms with Crippen molar-refractivity contribution in [1.29, 1.82) is 0 Å². The smallest absolute Gasteiger partial charge is 0.327 e. The fourth-order valence-corrected chi connectivity index (χ4v) is 3.62. The topological polar surface area (TPSA) is 66.8 Å². The minimum absolute atomic E-state index is 0.139. The summed E-state index contributed by atoms with van der Waals surface area (Å²) in [6.07, 6.45) is 1.55. The number of ether oxygens (including phenoxy) is 1. The Morgan fingerprint density at radius 3 is 2.76 bits per heavy atom. The van der Waals surface area contributed by atoms with Crippen molar-refractivity contribution in [3.8, 4) is 0 Å². The maximum Gasteiger partial charge on any atom is 0.327 e. The van der Waals surface area contributed by atoms with E-state index in [0.29, 0.717) is 5.75 Å². The Hall–Kier alpha value is -1.79. The van der Waals surface area contributed by atoms with E-state index < -0.39 is 12.0 Å². The van der Waals surface area contributed by atoms with Crippen LogP contribution in [0.2, 0.25) is 0 Å². The fourth-order valence-electron chi connectivity index (χ4n) is 2.18. The van der Waals surface area contributed by atoms with Crippen molar-refractivity contribution in [2.24, 2.45) is 0 Å². The van der Waals surface area contributed by atoms with Gasteiger partial charge in [-0.15, -0.1) is 18.3 Å². The van der Waals surface area contributed by atoms with Crippen molar-refractivity contribution in [1.82, 2.24) is 4.90 Å². The van der Waals surface area contributed by atoms with Crippen LogP contribution in [-0.4, -0.2) is 46.9 Å². The first-order valence-corrected chi connectivity index (χ1v) is 7.59. The van der Waals surface area contributed by atoms with Gasteiger partial charge in [-0.25, -0.2) is 4.79 Å². The molecule has 0 aromatic heterocycles. The molecular weight excluding hydrogens is 290 g/mol. The zero-order chi connectivity index (χ0) is 15.2. The lowest BCUT2D eigenvalue weighted by Gasteiger charge is -2.27. The van der Waals surface area contributed by atoms with Crippen molar-refractivity contribution in [3.63, 3.8) is 0 Å². The van der Waals surface area contributed by atoms with Gasteiger partial charge < -0.3 is 14.7 Å². The fraction of sp³-hybridized carbons (Fsp3) is 0.333. The van der Waals surface area contributed by atoms with E-state index in [1.165, 1.54) is 16.7 Å². The van der Waals surface area contributed by atoms with Crippen molar-refractivity contribution in [2.45, 2.75) is 11.4 Å². The van der Waals surface area contributed by atoms with Crippen LogP contribution in [0, 0.1) is 0 Å². The highest BCUT2D eigenvalue weighted by Gasteiger charge is 2.42. The number of carboxylic acid groups (broad SMARTS) is 1. The summed E-state index contributed by atoms with van der Waals surface area (Å²) in [7, 11) is 0. The summed E-state index contributed by atoms with van der Waals surface area (Å²) in [5.41, 5.74) is 0.920. The van der Waals surface area contributed by atoms with Crippen molar-refractivity contribution < 1.29 is 19.4 Å². The van der Waals surface area contributed by atoms with Crippen molar-refractivity contribution >= 4 is 23.6 Å². The molecule has 1 amide bonds. The van der Waals surface area contributed by atoms with E-state index in [4.69, 9.17) is 4.74 Å². The van der Waals surface area contributed by atoms with Gasteiger partial charge in [-0.3, -0.25) is 4.79 Å². The van der Waals surface area contributed by atoms with Gasteiger partial charge in [0, 0.05) is 5.75 Å². The van der Waals surface area contributed by atoms with Gasteiger partial charge in [0.25, 0.3) is 5.91 Å². The lowest BCUT2D eigenvalue weighted by molar-refractivity contribution is -0.151. The first kappa shape index (κ1) is 15.6. The third-order valence-corrected chi connectivity index (χ3v) is 4.44. The third-order valence-electron chi connectivity index (χ3n) is 3.12. The molecule has 2 rings (SSSR count). The summed E-state index contributed by atoms with van der Waals surface area (Å²) in [5.74, 6) is -0.927. The molecule has 1 aliphatic rings. The van der Waals surface area contributed by atoms with Crippen molar-refractivity contribution in [3.05, 3.63) is 48.6 Å². The minimum atomic E-state index is -0.988. The number of amides is 1. The highest BCUT2D eigenvalue weighted by atomic mass is 32.2. The average Bonchev–Trinajstić information content (AvgIpc) is 2.93. The molecule has 0 saturated carbocycles. The van der Waals surface area contributed by atoms with Crippen LogP contribution in [0.1, 0.15) is 10.9 Å². The Morgan fingerprint density at radius 1 is 1.43 bits per heavy atom. The molecule has 0 aliphatic carbocycles. The lowest BCUT2D eigenvalue weighted by atomic mass is 10.1. The molecule has 6 heteroatoms. The quantitative estimate of drug-likeness (QED) is 0.642. The zero-order valence-electron chi connectivity index (χ0n) is 11.5. The number of carbonyl (C=O) groups is 2. The summed E-state index contributed by atoms with van der Waals surface area (Å²) in [4.78, 5) is 25.1. The Bertz CT molecular complexity index is 520. The average molecular weight is 307 g/mol. The van der Waals surface area contributed by atoms with E-state index in [1.54, 1.807) is 6.08 Å². The molecule has 1 aliphatic heterocycles. The second-order valence-corrected chi connectivity index (χ2v) is 5.67. The number of hydrogen-bond donors (Lipinski definition) is 1. The van der Waals surface area contributed by atoms with Gasteiger partial charge in [0.05, 0.1) is 6.61 Å². The molecule has 1 aromatic carbocycles. The molecule has 1 fully saturated rings. The minimum Gasteiger partial charge on any atom is -0.480 e. The van der Waals surface area contributed by atoms with Crippen LogP contribution >= 0.6 is 11.8 Å². The van der Waals surface area contributed by atoms with Crippen LogP contribution in [0.5, 0.6) is 0 Å². The molecule has 112 valence electrons. The summed E-state index contributed by atoms with van der Waals surface area (Å²) < 4.78 is 5.16. The second kappa shape index (κ2) is 7.28. The highest BCUT2D eigenvalue weighted by molar-refractivity contribution is 7.99. The molecule has 1 heterocycles. The van der Waals surface area contributed by atoms with Crippen LogP contribution in [0.4, 0.5) is 0 Å². The molecule has 1 aromatic rings. The van der Waals surface area contributed by atoms with Crippen molar-refractivity contribution in [2.75, 3.05) is 19.0 Å². The maximum atomic E-state index is 12.3. The zero-order valence-corrected chi connectivity index (χ0v) is 12.3. The predicted octanol–water partition coefficient (Wildman–Crippen LogP) is 1.92. The Labute approximate surface area is 127 Å². The van der Waals surface area contributed by atoms with Gasteiger partial charge in [0.15, 0.2) is 0 Å². The van der Waals surface area contributed by atoms with Crippen LogP contribution in [0.3, 0.4) is 0 Å². The van der Waals surface area contributed by atoms with Gasteiger partial charge in [0.2, 0.25) is 0 Å². The summed E-state index contributed by atoms with van der Waals surface area (Å²) in [5, 5.41) is 9.02. The molecular formula is C15H17NO4S. The first-order valence-electron chi connectivity index (χ1n) is 6.54. The van der Waals surface area contributed by atoms with Gasteiger partial charge >= 0.3 is 5.97 Å². The largest absolute Gasteiger partial charge is 0.480 e. The molecule has 0 unspecified atom stereocenters. The van der Waals surface area contributed by atoms with Crippen LogP contribution < -0.4 is 0 Å². The molecule has 0 bridgehead atoms. The van der Waals surface area contributed by atoms with Gasteiger partial charge in [0.1, 0.15) is 18.0 Å². The molecule has 1 N–H and O–H groups in total. The molecule has 2 atom stereocenters. The number of aliphatic carboxylic acids is 1.